The van der Waals surface area contributed by atoms with E-state index < -0.39 is 0 Å². The number of phenols is 1. The van der Waals surface area contributed by atoms with Crippen LogP contribution in [0.25, 0.3) is 0 Å². The van der Waals surface area contributed by atoms with Crippen molar-refractivity contribution in [3.05, 3.63) is 65.2 Å². The van der Waals surface area contributed by atoms with E-state index in [4.69, 9.17) is 0 Å². The zero-order valence-corrected chi connectivity index (χ0v) is 15.8. The molecule has 0 amide bonds. The number of aromatic hydroxyl groups is 1. The Morgan fingerprint density at radius 1 is 0.920 bits per heavy atom. The van der Waals surface area contributed by atoms with E-state index in [1.165, 1.54) is 5.56 Å². The van der Waals surface area contributed by atoms with Gasteiger partial charge in [-0.05, 0) is 69.5 Å². The van der Waals surface area contributed by atoms with Crippen molar-refractivity contribution in [1.82, 2.24) is 4.90 Å². The minimum absolute atomic E-state index is 0.0168. The molecule has 0 heterocycles. The van der Waals surface area contributed by atoms with Gasteiger partial charge in [-0.15, -0.1) is 0 Å². The monoisotopic (exact) mass is 341 g/mol. The molecular formula is C22H31NO2. The quantitative estimate of drug-likeness (QED) is 0.741. The summed E-state index contributed by atoms with van der Waals surface area (Å²) in [5.74, 6) is 0.396. The molecule has 2 rings (SSSR count). The average molecular weight is 341 g/mol. The van der Waals surface area contributed by atoms with Crippen LogP contribution in [-0.4, -0.2) is 33.7 Å². The first-order valence-electron chi connectivity index (χ1n) is 9.17. The number of nitrogens with zero attached hydrogens (tertiary/aromatic N) is 1. The molecule has 0 aliphatic heterocycles. The molecule has 2 aromatic rings. The third-order valence-corrected chi connectivity index (χ3v) is 4.88. The van der Waals surface area contributed by atoms with Crippen molar-refractivity contribution in [2.45, 2.75) is 58.7 Å². The van der Waals surface area contributed by atoms with Crippen molar-refractivity contribution in [3.63, 3.8) is 0 Å². The molecule has 0 unspecified atom stereocenters. The molecule has 2 N–H and O–H groups in total. The first kappa shape index (κ1) is 19.5. The molecule has 136 valence electrons. The fraction of sp³-hybridized carbons (Fsp3) is 0.455. The topological polar surface area (TPSA) is 43.7 Å². The highest BCUT2D eigenvalue weighted by Gasteiger charge is 2.21. The summed E-state index contributed by atoms with van der Waals surface area (Å²) < 4.78 is 0. The molecule has 0 saturated heterocycles. The minimum Gasteiger partial charge on any atom is -0.508 e. The van der Waals surface area contributed by atoms with Gasteiger partial charge in [-0.3, -0.25) is 4.90 Å². The zero-order valence-electron chi connectivity index (χ0n) is 15.8. The Balaban J connectivity index is 2.37. The Morgan fingerprint density at radius 2 is 1.56 bits per heavy atom. The number of phenolic OH excluding ortho intramolecular Hbond substituents is 1. The second-order valence-corrected chi connectivity index (χ2v) is 7.22. The summed E-state index contributed by atoms with van der Waals surface area (Å²) in [4.78, 5) is 2.48. The van der Waals surface area contributed by atoms with E-state index >= 15 is 0 Å². The van der Waals surface area contributed by atoms with Gasteiger partial charge in [0, 0.05) is 18.0 Å². The molecular weight excluding hydrogens is 310 g/mol. The molecule has 25 heavy (non-hydrogen) atoms. The van der Waals surface area contributed by atoms with E-state index in [0.29, 0.717) is 12.1 Å². The lowest BCUT2D eigenvalue weighted by Gasteiger charge is -2.32. The van der Waals surface area contributed by atoms with Crippen molar-refractivity contribution in [2.24, 2.45) is 0 Å². The molecule has 0 aliphatic rings. The fourth-order valence-corrected chi connectivity index (χ4v) is 3.63. The van der Waals surface area contributed by atoms with Gasteiger partial charge in [-0.2, -0.15) is 0 Å². The van der Waals surface area contributed by atoms with Crippen LogP contribution in [0.2, 0.25) is 0 Å². The summed E-state index contributed by atoms with van der Waals surface area (Å²) >= 11 is 0. The highest BCUT2D eigenvalue weighted by Crippen LogP contribution is 2.33. The van der Waals surface area contributed by atoms with Gasteiger partial charge in [-0.25, -0.2) is 0 Å². The smallest absolute Gasteiger partial charge is 0.115 e. The number of hydrogen-bond donors (Lipinski definition) is 2. The van der Waals surface area contributed by atoms with Gasteiger partial charge < -0.3 is 10.2 Å². The molecule has 0 spiro atoms. The SMILES string of the molecule is CC(C)N(CC[C@H](c1ccccc1)c1cc(O)ccc1CO)C(C)C. The summed E-state index contributed by atoms with van der Waals surface area (Å²) in [6, 6.07) is 16.6. The fourth-order valence-electron chi connectivity index (χ4n) is 3.63. The molecule has 0 aromatic heterocycles. The van der Waals surface area contributed by atoms with Gasteiger partial charge >= 0.3 is 0 Å². The van der Waals surface area contributed by atoms with Crippen molar-refractivity contribution >= 4 is 0 Å². The predicted octanol–water partition coefficient (Wildman–Crippen LogP) is 4.53. The van der Waals surface area contributed by atoms with Gasteiger partial charge in [0.25, 0.3) is 0 Å². The van der Waals surface area contributed by atoms with E-state index in [9.17, 15) is 10.2 Å². The van der Waals surface area contributed by atoms with Crippen LogP contribution in [0.5, 0.6) is 5.75 Å². The van der Waals surface area contributed by atoms with Crippen LogP contribution in [0.3, 0.4) is 0 Å². The molecule has 3 nitrogen and oxygen atoms in total. The minimum atomic E-state index is -0.0168. The van der Waals surface area contributed by atoms with Gasteiger partial charge in [0.1, 0.15) is 5.75 Å². The van der Waals surface area contributed by atoms with Crippen molar-refractivity contribution in [1.29, 1.82) is 0 Å². The molecule has 3 heteroatoms. The Labute approximate surface area is 151 Å². The standard InChI is InChI=1S/C22H31NO2/c1-16(2)23(17(3)4)13-12-21(18-8-6-5-7-9-18)22-14-20(25)11-10-19(22)15-24/h5-11,14,16-17,21,24-25H,12-13,15H2,1-4H3/t21-/m1/s1. The number of aliphatic hydroxyl groups is 1. The highest BCUT2D eigenvalue weighted by atomic mass is 16.3. The van der Waals surface area contributed by atoms with Crippen LogP contribution in [0.15, 0.2) is 48.5 Å². The maximum atomic E-state index is 9.99. The van der Waals surface area contributed by atoms with Crippen LogP contribution in [0.1, 0.15) is 56.7 Å². The van der Waals surface area contributed by atoms with Gasteiger partial charge in [0.2, 0.25) is 0 Å². The number of aliphatic hydroxyl groups excluding tert-OH is 1. The molecule has 2 aromatic carbocycles. The summed E-state index contributed by atoms with van der Waals surface area (Å²) in [5.41, 5.74) is 3.11. The summed E-state index contributed by atoms with van der Waals surface area (Å²) in [5, 5.41) is 19.8. The Kier molecular flexibility index (Phi) is 7.03. The maximum absolute atomic E-state index is 9.99. The lowest BCUT2D eigenvalue weighted by Crippen LogP contribution is -2.38. The Morgan fingerprint density at radius 3 is 2.12 bits per heavy atom. The first-order chi connectivity index (χ1) is 11.9. The van der Waals surface area contributed by atoms with Crippen LogP contribution >= 0.6 is 0 Å². The van der Waals surface area contributed by atoms with Crippen molar-refractivity contribution < 1.29 is 10.2 Å². The molecule has 0 fully saturated rings. The molecule has 0 bridgehead atoms. The molecule has 0 radical (unpaired) electrons. The van der Waals surface area contributed by atoms with E-state index in [0.717, 1.165) is 24.1 Å². The van der Waals surface area contributed by atoms with E-state index in [1.807, 2.05) is 24.3 Å². The lowest BCUT2D eigenvalue weighted by atomic mass is 9.85. The van der Waals surface area contributed by atoms with Gasteiger partial charge in [-0.1, -0.05) is 36.4 Å². The Bertz CT molecular complexity index is 644. The number of hydrogen-bond acceptors (Lipinski definition) is 3. The van der Waals surface area contributed by atoms with Crippen LogP contribution in [0.4, 0.5) is 0 Å². The number of benzene rings is 2. The van der Waals surface area contributed by atoms with Gasteiger partial charge in [0.05, 0.1) is 6.61 Å². The largest absolute Gasteiger partial charge is 0.508 e. The lowest BCUT2D eigenvalue weighted by molar-refractivity contribution is 0.170. The van der Waals surface area contributed by atoms with E-state index in [1.54, 1.807) is 12.1 Å². The predicted molar refractivity (Wildman–Crippen MR) is 104 cm³/mol. The normalized spacial score (nSPS) is 13.0. The summed E-state index contributed by atoms with van der Waals surface area (Å²) in [6.07, 6.45) is 0.941. The van der Waals surface area contributed by atoms with Crippen molar-refractivity contribution in [3.8, 4) is 5.75 Å². The maximum Gasteiger partial charge on any atom is 0.115 e. The second-order valence-electron chi connectivity index (χ2n) is 7.22. The summed E-state index contributed by atoms with van der Waals surface area (Å²) in [6.45, 7) is 9.86. The second kappa shape index (κ2) is 9.02. The van der Waals surface area contributed by atoms with Crippen LogP contribution < -0.4 is 0 Å². The third kappa shape index (κ3) is 5.07. The third-order valence-electron chi connectivity index (χ3n) is 4.88. The van der Waals surface area contributed by atoms with Crippen LogP contribution in [-0.2, 0) is 6.61 Å². The average Bonchev–Trinajstić information content (AvgIpc) is 2.59. The van der Waals surface area contributed by atoms with Crippen LogP contribution in [0, 0.1) is 0 Å². The first-order valence-corrected chi connectivity index (χ1v) is 9.17. The number of rotatable bonds is 8. The molecule has 1 atom stereocenters. The zero-order chi connectivity index (χ0) is 18.4. The van der Waals surface area contributed by atoms with E-state index in [-0.39, 0.29) is 18.3 Å². The van der Waals surface area contributed by atoms with Gasteiger partial charge in [0.15, 0.2) is 0 Å². The van der Waals surface area contributed by atoms with Crippen molar-refractivity contribution in [2.75, 3.05) is 6.54 Å². The van der Waals surface area contributed by atoms with E-state index in [2.05, 4.69) is 44.7 Å². The molecule has 0 aliphatic carbocycles. The summed E-state index contributed by atoms with van der Waals surface area (Å²) in [7, 11) is 0. The molecule has 0 saturated carbocycles. The highest BCUT2D eigenvalue weighted by molar-refractivity contribution is 5.42. The Hall–Kier alpha value is -1.84.